The van der Waals surface area contributed by atoms with Gasteiger partial charge in [-0.3, -0.25) is 4.79 Å². The molecular weight excluding hydrogens is 538 g/mol. The van der Waals surface area contributed by atoms with E-state index in [4.69, 9.17) is 18.6 Å². The van der Waals surface area contributed by atoms with E-state index >= 15 is 0 Å². The van der Waals surface area contributed by atoms with E-state index in [-0.39, 0.29) is 0 Å². The fourth-order valence-corrected chi connectivity index (χ4v) is 9.11. The molecule has 2 aromatic rings. The molecule has 0 radical (unpaired) electrons. The molecule has 41 heavy (non-hydrogen) atoms. The molecule has 226 valence electrons. The summed E-state index contributed by atoms with van der Waals surface area (Å²) < 4.78 is 32.2. The normalized spacial score (nSPS) is 15.1. The van der Waals surface area contributed by atoms with Crippen LogP contribution in [0.3, 0.4) is 0 Å². The highest BCUT2D eigenvalue weighted by molar-refractivity contribution is 6.99. The molecule has 0 spiro atoms. The number of esters is 2. The van der Waals surface area contributed by atoms with Crippen molar-refractivity contribution >= 4 is 36.7 Å². The predicted molar refractivity (Wildman–Crippen MR) is 163 cm³/mol. The number of alkyl carbamates (subject to hydrolysis) is 1. The average molecular weight is 587 g/mol. The number of benzene rings is 2. The maximum atomic E-state index is 13.3. The Kier molecular flexibility index (Phi) is 10.8. The molecule has 9 heteroatoms. The zero-order chi connectivity index (χ0) is 32.0. The van der Waals surface area contributed by atoms with E-state index in [2.05, 4.69) is 26.1 Å². The number of carbonyl (C=O) groups excluding carboxylic acids is 3. The lowest BCUT2D eigenvalue weighted by atomic mass is 10.0. The number of hydrogen-bond acceptors (Lipinski definition) is 7. The van der Waals surface area contributed by atoms with Crippen LogP contribution in [0.25, 0.3) is 0 Å². The minimum absolute atomic E-state index is 0.401. The smallest absolute Gasteiger partial charge is 0.408 e. The first-order valence-corrected chi connectivity index (χ1v) is 15.7. The Labute approximate surface area is 247 Å². The van der Waals surface area contributed by atoms with Gasteiger partial charge in [-0.15, -0.1) is 0 Å². The molecule has 0 fully saturated rings. The van der Waals surface area contributed by atoms with E-state index < -0.39 is 67.6 Å². The van der Waals surface area contributed by atoms with Gasteiger partial charge in [-0.1, -0.05) is 81.4 Å². The van der Waals surface area contributed by atoms with Gasteiger partial charge in [0.1, 0.15) is 17.2 Å². The number of nitrogens with one attached hydrogen (secondary N) is 1. The Morgan fingerprint density at radius 2 is 1.24 bits per heavy atom. The average Bonchev–Trinajstić information content (AvgIpc) is 2.86. The summed E-state index contributed by atoms with van der Waals surface area (Å²) in [4.78, 5) is 39.3. The van der Waals surface area contributed by atoms with Crippen molar-refractivity contribution < 1.29 is 34.4 Å². The molecule has 0 heterocycles. The van der Waals surface area contributed by atoms with Gasteiger partial charge in [0.15, 0.2) is 0 Å². The number of ether oxygens (including phenoxy) is 3. The molecule has 2 aromatic carbocycles. The Morgan fingerprint density at radius 3 is 1.63 bits per heavy atom. The SMILES string of the molecule is [2H][C@@](CO[Si](c1ccccc1)(c1ccccc1)C(C)(C)C)(C[C@H](NC(=O)OC(C)(C)C)C(=O)OC(C)(C)C)C(=O)OC. The lowest BCUT2D eigenvalue weighted by Crippen LogP contribution is -2.67. The third-order valence-corrected chi connectivity index (χ3v) is 11.2. The summed E-state index contributed by atoms with van der Waals surface area (Å²) in [5, 5.41) is 4.02. The molecule has 0 saturated carbocycles. The molecule has 2 atom stereocenters. The molecule has 0 saturated heterocycles. The van der Waals surface area contributed by atoms with E-state index in [0.29, 0.717) is 0 Å². The molecule has 0 aliphatic carbocycles. The van der Waals surface area contributed by atoms with E-state index in [1.54, 1.807) is 41.5 Å². The monoisotopic (exact) mass is 586 g/mol. The predicted octanol–water partition coefficient (Wildman–Crippen LogP) is 4.98. The van der Waals surface area contributed by atoms with Crippen LogP contribution in [0.5, 0.6) is 0 Å². The summed E-state index contributed by atoms with van der Waals surface area (Å²) in [7, 11) is -1.98. The first-order chi connectivity index (χ1) is 19.2. The second-order valence-corrected chi connectivity index (χ2v) is 17.3. The van der Waals surface area contributed by atoms with Gasteiger partial charge in [-0.25, -0.2) is 9.59 Å². The first-order valence-electron chi connectivity index (χ1n) is 14.3. The molecule has 0 bridgehead atoms. The standard InChI is InChI=1S/C32H47NO7Si/c1-30(2,3)39-28(35)26(33-29(36)40-31(4,5)6)21-23(27(34)37-10)22-38-41(32(7,8)9,24-17-13-11-14-18-24)25-19-15-12-16-20-25/h11-20,23,26H,21-22H2,1-10H3,(H,33,36)/t23-,26-/m0/s1/i23D. The lowest BCUT2D eigenvalue weighted by molar-refractivity contribution is -0.158. The molecule has 0 aliphatic rings. The Morgan fingerprint density at radius 1 is 0.780 bits per heavy atom. The fraction of sp³-hybridized carbons (Fsp3) is 0.531. The summed E-state index contributed by atoms with van der Waals surface area (Å²) >= 11 is 0. The number of amides is 1. The molecule has 2 rings (SSSR count). The Balaban J connectivity index is 2.60. The largest absolute Gasteiger partial charge is 0.469 e. The van der Waals surface area contributed by atoms with Crippen LogP contribution < -0.4 is 15.7 Å². The summed E-state index contributed by atoms with van der Waals surface area (Å²) in [6.45, 7) is 16.0. The van der Waals surface area contributed by atoms with Crippen LogP contribution in [0.4, 0.5) is 4.79 Å². The molecular formula is C32H47NO7Si. The topological polar surface area (TPSA) is 100 Å². The molecule has 0 unspecified atom stereocenters. The third-order valence-electron chi connectivity index (χ3n) is 6.19. The van der Waals surface area contributed by atoms with Gasteiger partial charge >= 0.3 is 18.0 Å². The van der Waals surface area contributed by atoms with Crippen LogP contribution in [-0.2, 0) is 28.2 Å². The number of hydrogen-bond donors (Lipinski definition) is 1. The van der Waals surface area contributed by atoms with Crippen LogP contribution in [-0.4, -0.2) is 57.3 Å². The maximum Gasteiger partial charge on any atom is 0.408 e. The quantitative estimate of drug-likeness (QED) is 0.238. The van der Waals surface area contributed by atoms with Crippen molar-refractivity contribution in [3.63, 3.8) is 0 Å². The molecule has 1 N–H and O–H groups in total. The summed E-state index contributed by atoms with van der Waals surface area (Å²) in [5.41, 5.74) is -1.72. The highest BCUT2D eigenvalue weighted by atomic mass is 28.4. The maximum absolute atomic E-state index is 13.3. The first kappa shape index (κ1) is 32.3. The van der Waals surface area contributed by atoms with Crippen LogP contribution >= 0.6 is 0 Å². The van der Waals surface area contributed by atoms with Gasteiger partial charge in [-0.2, -0.15) is 0 Å². The highest BCUT2D eigenvalue weighted by Crippen LogP contribution is 2.37. The minimum atomic E-state index is -3.15. The van der Waals surface area contributed by atoms with Crippen molar-refractivity contribution in [3.05, 3.63) is 60.7 Å². The van der Waals surface area contributed by atoms with Gasteiger partial charge in [0.05, 0.1) is 13.0 Å². The van der Waals surface area contributed by atoms with Crippen LogP contribution in [0.1, 0.15) is 70.1 Å². The minimum Gasteiger partial charge on any atom is -0.469 e. The van der Waals surface area contributed by atoms with Crippen molar-refractivity contribution in [2.45, 2.75) is 91.0 Å². The van der Waals surface area contributed by atoms with Crippen molar-refractivity contribution in [3.8, 4) is 0 Å². The summed E-state index contributed by atoms with van der Waals surface area (Å²) in [6, 6.07) is 18.2. The molecule has 8 nitrogen and oxygen atoms in total. The van der Waals surface area contributed by atoms with E-state index in [0.717, 1.165) is 10.4 Å². The van der Waals surface area contributed by atoms with Crippen LogP contribution in [0.15, 0.2) is 60.7 Å². The molecule has 1 amide bonds. The van der Waals surface area contributed by atoms with Gasteiger partial charge in [-0.05, 0) is 63.4 Å². The van der Waals surface area contributed by atoms with Crippen molar-refractivity contribution in [2.24, 2.45) is 5.89 Å². The zero-order valence-corrected chi connectivity index (χ0v) is 27.1. The second kappa shape index (κ2) is 13.7. The highest BCUT2D eigenvalue weighted by Gasteiger charge is 2.51. The van der Waals surface area contributed by atoms with Crippen molar-refractivity contribution in [2.75, 3.05) is 13.7 Å². The summed E-state index contributed by atoms with van der Waals surface area (Å²) in [5.74, 6) is -3.79. The van der Waals surface area contributed by atoms with Gasteiger partial charge in [0.2, 0.25) is 0 Å². The third kappa shape index (κ3) is 9.71. The van der Waals surface area contributed by atoms with Gasteiger partial charge in [0.25, 0.3) is 8.32 Å². The van der Waals surface area contributed by atoms with Gasteiger partial charge < -0.3 is 24.0 Å². The van der Waals surface area contributed by atoms with Crippen molar-refractivity contribution in [1.29, 1.82) is 0 Å². The molecule has 0 aliphatic heterocycles. The van der Waals surface area contributed by atoms with E-state index in [9.17, 15) is 15.8 Å². The fourth-order valence-electron chi connectivity index (χ4n) is 4.56. The lowest BCUT2D eigenvalue weighted by Gasteiger charge is -2.43. The van der Waals surface area contributed by atoms with E-state index in [1.165, 1.54) is 7.11 Å². The molecule has 0 aromatic heterocycles. The zero-order valence-electron chi connectivity index (χ0n) is 27.1. The number of carbonyl (C=O) groups is 3. The number of methoxy groups -OCH3 is 1. The van der Waals surface area contributed by atoms with Crippen LogP contribution in [0, 0.1) is 5.89 Å². The van der Waals surface area contributed by atoms with Crippen LogP contribution in [0.2, 0.25) is 5.04 Å². The van der Waals surface area contributed by atoms with Crippen molar-refractivity contribution in [1.82, 2.24) is 5.32 Å². The summed E-state index contributed by atoms with van der Waals surface area (Å²) in [6.07, 6.45) is -1.34. The number of rotatable bonds is 10. The van der Waals surface area contributed by atoms with E-state index in [1.807, 2.05) is 60.7 Å². The Bertz CT molecular complexity index is 1160. The Hall–Kier alpha value is -3.17. The van der Waals surface area contributed by atoms with Gasteiger partial charge in [0, 0.05) is 7.98 Å². The second-order valence-electron chi connectivity index (χ2n) is 13.0.